The van der Waals surface area contributed by atoms with Crippen molar-refractivity contribution in [3.63, 3.8) is 0 Å². The summed E-state index contributed by atoms with van der Waals surface area (Å²) < 4.78 is 22.5. The molecule has 1 saturated heterocycles. The quantitative estimate of drug-likeness (QED) is 0.815. The summed E-state index contributed by atoms with van der Waals surface area (Å²) in [5.41, 5.74) is 1.10. The molecule has 2 aromatic rings. The number of carbonyl (C=O) groups is 1. The van der Waals surface area contributed by atoms with Crippen LogP contribution >= 0.6 is 0 Å². The first kappa shape index (κ1) is 18.2. The fourth-order valence-corrected chi connectivity index (χ4v) is 2.37. The molecule has 1 aliphatic rings. The molecule has 138 valence electrons. The van der Waals surface area contributed by atoms with E-state index in [9.17, 15) is 4.79 Å². The number of hydrogen-bond donors (Lipinski definition) is 1. The third-order valence-electron chi connectivity index (χ3n) is 3.70. The fraction of sp³-hybridized carbons (Fsp3) is 0.368. The number of ether oxygens (including phenoxy) is 4. The molecule has 7 nitrogen and oxygen atoms in total. The van der Waals surface area contributed by atoms with Crippen LogP contribution in [0.4, 0.5) is 0 Å². The Bertz CT molecular complexity index is 685. The van der Waals surface area contributed by atoms with Gasteiger partial charge < -0.3 is 24.3 Å². The molecule has 26 heavy (non-hydrogen) atoms. The van der Waals surface area contributed by atoms with Gasteiger partial charge in [-0.25, -0.2) is 4.98 Å². The van der Waals surface area contributed by atoms with Gasteiger partial charge in [-0.05, 0) is 11.6 Å². The predicted molar refractivity (Wildman–Crippen MR) is 93.8 cm³/mol. The molecule has 1 aromatic carbocycles. The van der Waals surface area contributed by atoms with Gasteiger partial charge in [0.25, 0.3) is 0 Å². The Balaban J connectivity index is 1.41. The largest absolute Gasteiger partial charge is 0.487 e. The maximum absolute atomic E-state index is 10.9. The normalized spacial score (nSPS) is 19.6. The van der Waals surface area contributed by atoms with E-state index in [0.717, 1.165) is 5.56 Å². The molecule has 0 radical (unpaired) electrons. The lowest BCUT2D eigenvalue weighted by molar-refractivity contribution is -0.208. The highest BCUT2D eigenvalue weighted by Crippen LogP contribution is 2.18. The van der Waals surface area contributed by atoms with Gasteiger partial charge in [0.2, 0.25) is 11.8 Å². The molecule has 0 spiro atoms. The highest BCUT2D eigenvalue weighted by atomic mass is 16.7. The number of carbonyl (C=O) groups excluding carboxylic acids is 1. The smallest absolute Gasteiger partial charge is 0.217 e. The van der Waals surface area contributed by atoms with Crippen LogP contribution in [-0.2, 0) is 20.9 Å². The molecule has 0 unspecified atom stereocenters. The number of aromatic nitrogens is 1. The van der Waals surface area contributed by atoms with Crippen molar-refractivity contribution in [2.24, 2.45) is 0 Å². The minimum Gasteiger partial charge on any atom is -0.487 e. The molecule has 1 fully saturated rings. The van der Waals surface area contributed by atoms with Crippen LogP contribution in [0.2, 0.25) is 0 Å². The first-order chi connectivity index (χ1) is 12.7. The number of rotatable bonds is 7. The minimum atomic E-state index is -0.444. The molecule has 1 N–H and O–H groups in total. The second kappa shape index (κ2) is 9.17. The first-order valence-electron chi connectivity index (χ1n) is 8.46. The van der Waals surface area contributed by atoms with Crippen molar-refractivity contribution in [1.82, 2.24) is 10.3 Å². The van der Waals surface area contributed by atoms with Gasteiger partial charge in [0.05, 0.1) is 26.0 Å². The molecular formula is C19H22N2O5. The first-order valence-corrected chi connectivity index (χ1v) is 8.46. The van der Waals surface area contributed by atoms with Crippen LogP contribution in [0.15, 0.2) is 48.7 Å². The van der Waals surface area contributed by atoms with Crippen LogP contribution in [0.1, 0.15) is 12.5 Å². The van der Waals surface area contributed by atoms with Gasteiger partial charge in [0, 0.05) is 13.0 Å². The number of pyridine rings is 1. The summed E-state index contributed by atoms with van der Waals surface area (Å²) in [7, 11) is 0. The van der Waals surface area contributed by atoms with Crippen molar-refractivity contribution in [2.75, 3.05) is 19.8 Å². The third-order valence-corrected chi connectivity index (χ3v) is 3.70. The lowest BCUT2D eigenvalue weighted by Crippen LogP contribution is -2.44. The number of hydrogen-bond acceptors (Lipinski definition) is 6. The van der Waals surface area contributed by atoms with Crippen molar-refractivity contribution in [2.45, 2.75) is 25.9 Å². The number of benzene rings is 1. The summed E-state index contributed by atoms with van der Waals surface area (Å²) in [6, 6.07) is 13.5. The highest BCUT2D eigenvalue weighted by Gasteiger charge is 2.23. The van der Waals surface area contributed by atoms with E-state index in [1.807, 2.05) is 36.4 Å². The van der Waals surface area contributed by atoms with E-state index in [0.29, 0.717) is 38.0 Å². The Morgan fingerprint density at radius 3 is 2.62 bits per heavy atom. The lowest BCUT2D eigenvalue weighted by atomic mass is 10.2. The molecule has 1 amide bonds. The molecule has 3 rings (SSSR count). The van der Waals surface area contributed by atoms with Crippen LogP contribution in [0.5, 0.6) is 11.6 Å². The van der Waals surface area contributed by atoms with Gasteiger partial charge in [0.15, 0.2) is 6.29 Å². The Morgan fingerprint density at radius 2 is 1.96 bits per heavy atom. The summed E-state index contributed by atoms with van der Waals surface area (Å²) >= 11 is 0. The number of amides is 1. The second-order valence-electron chi connectivity index (χ2n) is 5.88. The summed E-state index contributed by atoms with van der Waals surface area (Å²) in [6.07, 6.45) is 0.940. The minimum absolute atomic E-state index is 0.116. The van der Waals surface area contributed by atoms with Crippen LogP contribution < -0.4 is 14.8 Å². The fourth-order valence-electron chi connectivity index (χ4n) is 2.37. The van der Waals surface area contributed by atoms with E-state index in [4.69, 9.17) is 18.9 Å². The molecule has 1 aromatic heterocycles. The van der Waals surface area contributed by atoms with E-state index in [-0.39, 0.29) is 12.0 Å². The summed E-state index contributed by atoms with van der Waals surface area (Å²) in [6.45, 7) is 3.01. The maximum atomic E-state index is 10.9. The summed E-state index contributed by atoms with van der Waals surface area (Å²) in [5.74, 6) is 1.04. The van der Waals surface area contributed by atoms with Gasteiger partial charge in [0.1, 0.15) is 18.5 Å². The summed E-state index contributed by atoms with van der Waals surface area (Å²) in [5, 5.41) is 2.65. The van der Waals surface area contributed by atoms with Gasteiger partial charge in [-0.3, -0.25) is 4.79 Å². The average molecular weight is 358 g/mol. The van der Waals surface area contributed by atoms with Crippen molar-refractivity contribution < 1.29 is 23.7 Å². The van der Waals surface area contributed by atoms with Crippen LogP contribution in [0.3, 0.4) is 0 Å². The SMILES string of the molecule is CC(=O)NCC1OCC(Oc2ccc(OCc3ccccc3)cn2)CO1. The number of nitrogens with zero attached hydrogens (tertiary/aromatic N) is 1. The second-order valence-corrected chi connectivity index (χ2v) is 5.88. The molecule has 0 atom stereocenters. The van der Waals surface area contributed by atoms with Gasteiger partial charge in [-0.1, -0.05) is 30.3 Å². The topological polar surface area (TPSA) is 78.9 Å². The van der Waals surface area contributed by atoms with Crippen LogP contribution in [0, 0.1) is 0 Å². The molecular weight excluding hydrogens is 336 g/mol. The van der Waals surface area contributed by atoms with Crippen molar-refractivity contribution >= 4 is 5.91 Å². The molecule has 1 aliphatic heterocycles. The van der Waals surface area contributed by atoms with Crippen molar-refractivity contribution in [3.05, 3.63) is 54.2 Å². The maximum Gasteiger partial charge on any atom is 0.217 e. The predicted octanol–water partition coefficient (Wildman–Crippen LogP) is 1.92. The molecule has 0 aliphatic carbocycles. The highest BCUT2D eigenvalue weighted by molar-refractivity contribution is 5.72. The number of nitrogens with one attached hydrogen (secondary N) is 1. The van der Waals surface area contributed by atoms with E-state index >= 15 is 0 Å². The zero-order valence-corrected chi connectivity index (χ0v) is 14.6. The monoisotopic (exact) mass is 358 g/mol. The Labute approximate surface area is 152 Å². The summed E-state index contributed by atoms with van der Waals surface area (Å²) in [4.78, 5) is 15.1. The Morgan fingerprint density at radius 1 is 1.19 bits per heavy atom. The van der Waals surface area contributed by atoms with Gasteiger partial charge in [-0.15, -0.1) is 0 Å². The zero-order valence-electron chi connectivity index (χ0n) is 14.6. The Hall–Kier alpha value is -2.64. The molecule has 0 saturated carbocycles. The standard InChI is InChI=1S/C19H22N2O5/c1-14(22)20-10-19-24-12-17(13-25-19)26-18-8-7-16(9-21-18)23-11-15-5-3-2-4-6-15/h2-9,17,19H,10-13H2,1H3,(H,20,22). The van der Waals surface area contributed by atoms with Crippen LogP contribution in [0.25, 0.3) is 0 Å². The lowest BCUT2D eigenvalue weighted by Gasteiger charge is -2.29. The van der Waals surface area contributed by atoms with E-state index in [1.54, 1.807) is 12.3 Å². The molecule has 0 bridgehead atoms. The van der Waals surface area contributed by atoms with E-state index in [1.165, 1.54) is 6.92 Å². The zero-order chi connectivity index (χ0) is 18.2. The Kier molecular flexibility index (Phi) is 6.40. The van der Waals surface area contributed by atoms with Gasteiger partial charge in [-0.2, -0.15) is 0 Å². The van der Waals surface area contributed by atoms with Gasteiger partial charge >= 0.3 is 0 Å². The molecule has 2 heterocycles. The van der Waals surface area contributed by atoms with Crippen molar-refractivity contribution in [3.8, 4) is 11.6 Å². The third kappa shape index (κ3) is 5.72. The van der Waals surface area contributed by atoms with E-state index < -0.39 is 6.29 Å². The molecule has 7 heteroatoms. The van der Waals surface area contributed by atoms with Crippen LogP contribution in [-0.4, -0.2) is 43.0 Å². The average Bonchev–Trinajstić information content (AvgIpc) is 2.68. The van der Waals surface area contributed by atoms with Crippen molar-refractivity contribution in [1.29, 1.82) is 0 Å². The van der Waals surface area contributed by atoms with E-state index in [2.05, 4.69) is 10.3 Å².